The fraction of sp³-hybridized carbons (Fsp3) is 0.778. The van der Waals surface area contributed by atoms with E-state index in [0.29, 0.717) is 18.6 Å². The molecule has 0 spiro atoms. The third-order valence-electron chi connectivity index (χ3n) is 2.02. The number of hydrogen-bond acceptors (Lipinski definition) is 2. The van der Waals surface area contributed by atoms with Crippen molar-refractivity contribution in [2.75, 3.05) is 13.7 Å². The summed E-state index contributed by atoms with van der Waals surface area (Å²) < 4.78 is 10.6. The predicted octanol–water partition coefficient (Wildman–Crippen LogP) is 1.96. The molecule has 0 bridgehead atoms. The molecule has 0 aliphatic carbocycles. The van der Waals surface area contributed by atoms with E-state index in [1.807, 2.05) is 0 Å². The average molecular weight is 156 g/mol. The zero-order valence-electron chi connectivity index (χ0n) is 7.46. The van der Waals surface area contributed by atoms with Crippen molar-refractivity contribution in [1.82, 2.24) is 0 Å². The molecule has 1 rings (SSSR count). The van der Waals surface area contributed by atoms with Gasteiger partial charge in [-0.15, -0.1) is 0 Å². The second-order valence-electron chi connectivity index (χ2n) is 3.20. The summed E-state index contributed by atoms with van der Waals surface area (Å²) >= 11 is 0. The van der Waals surface area contributed by atoms with Crippen LogP contribution >= 0.6 is 0 Å². The summed E-state index contributed by atoms with van der Waals surface area (Å²) in [6, 6.07) is 0. The standard InChI is InChI=1S/C9H16O2/c1-7(2)9-5-4-8(10-3)6-11-9/h4,7,9H,5-6H2,1-3H3. The molecular weight excluding hydrogens is 140 g/mol. The highest BCUT2D eigenvalue weighted by Gasteiger charge is 2.17. The molecule has 1 aliphatic heterocycles. The van der Waals surface area contributed by atoms with Crippen molar-refractivity contribution in [3.8, 4) is 0 Å². The summed E-state index contributed by atoms with van der Waals surface area (Å²) in [5.41, 5.74) is 0. The van der Waals surface area contributed by atoms with Gasteiger partial charge in [-0.1, -0.05) is 13.8 Å². The van der Waals surface area contributed by atoms with E-state index in [0.717, 1.165) is 12.2 Å². The lowest BCUT2D eigenvalue weighted by atomic mass is 10.0. The minimum Gasteiger partial charge on any atom is -0.499 e. The van der Waals surface area contributed by atoms with E-state index < -0.39 is 0 Å². The maximum absolute atomic E-state index is 5.55. The van der Waals surface area contributed by atoms with E-state index in [9.17, 15) is 0 Å². The molecular formula is C9H16O2. The van der Waals surface area contributed by atoms with Crippen LogP contribution in [0.5, 0.6) is 0 Å². The van der Waals surface area contributed by atoms with E-state index in [1.165, 1.54) is 0 Å². The molecule has 0 fully saturated rings. The Kier molecular flexibility index (Phi) is 2.94. The van der Waals surface area contributed by atoms with Crippen LogP contribution in [0.1, 0.15) is 20.3 Å². The van der Waals surface area contributed by atoms with Gasteiger partial charge in [-0.25, -0.2) is 0 Å². The molecule has 1 aliphatic rings. The van der Waals surface area contributed by atoms with Gasteiger partial charge in [-0.2, -0.15) is 0 Å². The largest absolute Gasteiger partial charge is 0.499 e. The molecule has 0 saturated heterocycles. The van der Waals surface area contributed by atoms with Gasteiger partial charge in [-0.3, -0.25) is 0 Å². The van der Waals surface area contributed by atoms with Gasteiger partial charge in [0.2, 0.25) is 0 Å². The third-order valence-corrected chi connectivity index (χ3v) is 2.02. The zero-order valence-corrected chi connectivity index (χ0v) is 7.46. The van der Waals surface area contributed by atoms with E-state index in [-0.39, 0.29) is 0 Å². The van der Waals surface area contributed by atoms with E-state index in [4.69, 9.17) is 9.47 Å². The van der Waals surface area contributed by atoms with Crippen molar-refractivity contribution in [2.24, 2.45) is 5.92 Å². The van der Waals surface area contributed by atoms with Crippen molar-refractivity contribution < 1.29 is 9.47 Å². The topological polar surface area (TPSA) is 18.5 Å². The van der Waals surface area contributed by atoms with Crippen molar-refractivity contribution in [3.63, 3.8) is 0 Å². The molecule has 2 heteroatoms. The second kappa shape index (κ2) is 3.77. The van der Waals surface area contributed by atoms with Gasteiger partial charge in [0.15, 0.2) is 0 Å². The Balaban J connectivity index is 2.41. The Morgan fingerprint density at radius 1 is 1.64 bits per heavy atom. The fourth-order valence-electron chi connectivity index (χ4n) is 1.17. The van der Waals surface area contributed by atoms with E-state index in [2.05, 4.69) is 19.9 Å². The molecule has 0 aromatic heterocycles. The van der Waals surface area contributed by atoms with Crippen LogP contribution in [0.3, 0.4) is 0 Å². The highest BCUT2D eigenvalue weighted by Crippen LogP contribution is 2.18. The monoisotopic (exact) mass is 156 g/mol. The van der Waals surface area contributed by atoms with Gasteiger partial charge in [0.1, 0.15) is 12.4 Å². The maximum Gasteiger partial charge on any atom is 0.117 e. The summed E-state index contributed by atoms with van der Waals surface area (Å²) in [6.07, 6.45) is 3.49. The van der Waals surface area contributed by atoms with Crippen LogP contribution in [-0.2, 0) is 9.47 Å². The second-order valence-corrected chi connectivity index (χ2v) is 3.20. The van der Waals surface area contributed by atoms with Gasteiger partial charge in [0.25, 0.3) is 0 Å². The number of methoxy groups -OCH3 is 1. The highest BCUT2D eigenvalue weighted by molar-refractivity contribution is 4.98. The van der Waals surface area contributed by atoms with Gasteiger partial charge >= 0.3 is 0 Å². The third kappa shape index (κ3) is 2.22. The van der Waals surface area contributed by atoms with Crippen LogP contribution in [0.2, 0.25) is 0 Å². The molecule has 64 valence electrons. The SMILES string of the molecule is COC1=CCC(C(C)C)OC1. The minimum absolute atomic E-state index is 0.383. The Morgan fingerprint density at radius 3 is 2.73 bits per heavy atom. The predicted molar refractivity (Wildman–Crippen MR) is 44.3 cm³/mol. The molecule has 0 N–H and O–H groups in total. The van der Waals surface area contributed by atoms with Crippen LogP contribution < -0.4 is 0 Å². The molecule has 1 heterocycles. The molecule has 11 heavy (non-hydrogen) atoms. The van der Waals surface area contributed by atoms with Crippen molar-refractivity contribution in [1.29, 1.82) is 0 Å². The Bertz CT molecular complexity index is 150. The van der Waals surface area contributed by atoms with Crippen molar-refractivity contribution in [2.45, 2.75) is 26.4 Å². The van der Waals surface area contributed by atoms with Crippen molar-refractivity contribution >= 4 is 0 Å². The zero-order chi connectivity index (χ0) is 8.27. The molecule has 1 atom stereocenters. The Labute approximate surface area is 68.2 Å². The maximum atomic E-state index is 5.55. The molecule has 2 nitrogen and oxygen atoms in total. The van der Waals surface area contributed by atoms with Crippen LogP contribution in [0.4, 0.5) is 0 Å². The van der Waals surface area contributed by atoms with Gasteiger partial charge < -0.3 is 9.47 Å². The van der Waals surface area contributed by atoms with Crippen LogP contribution in [-0.4, -0.2) is 19.8 Å². The molecule has 0 aromatic rings. The average Bonchev–Trinajstić information content (AvgIpc) is 2.05. The lowest BCUT2D eigenvalue weighted by Crippen LogP contribution is -2.24. The first-order valence-electron chi connectivity index (χ1n) is 4.08. The summed E-state index contributed by atoms with van der Waals surface area (Å²) in [5, 5.41) is 0. The van der Waals surface area contributed by atoms with Crippen molar-refractivity contribution in [3.05, 3.63) is 11.8 Å². The Hall–Kier alpha value is -0.500. The van der Waals surface area contributed by atoms with Crippen LogP contribution in [0, 0.1) is 5.92 Å². The first-order chi connectivity index (χ1) is 5.24. The van der Waals surface area contributed by atoms with Gasteiger partial charge in [0.05, 0.1) is 13.2 Å². The summed E-state index contributed by atoms with van der Waals surface area (Å²) in [4.78, 5) is 0. The number of hydrogen-bond donors (Lipinski definition) is 0. The summed E-state index contributed by atoms with van der Waals surface area (Å²) in [7, 11) is 1.69. The van der Waals surface area contributed by atoms with Crippen LogP contribution in [0.15, 0.2) is 11.8 Å². The lowest BCUT2D eigenvalue weighted by Gasteiger charge is -2.24. The summed E-state index contributed by atoms with van der Waals surface area (Å²) in [6.45, 7) is 4.99. The van der Waals surface area contributed by atoms with E-state index >= 15 is 0 Å². The Morgan fingerprint density at radius 2 is 2.36 bits per heavy atom. The highest BCUT2D eigenvalue weighted by atomic mass is 16.5. The minimum atomic E-state index is 0.383. The van der Waals surface area contributed by atoms with E-state index in [1.54, 1.807) is 7.11 Å². The summed E-state index contributed by atoms with van der Waals surface area (Å²) in [5.74, 6) is 1.56. The number of rotatable bonds is 2. The first kappa shape index (κ1) is 8.60. The normalized spacial score (nSPS) is 25.1. The lowest BCUT2D eigenvalue weighted by molar-refractivity contribution is 0.00713. The van der Waals surface area contributed by atoms with Gasteiger partial charge in [-0.05, 0) is 18.4 Å². The smallest absolute Gasteiger partial charge is 0.117 e. The van der Waals surface area contributed by atoms with Gasteiger partial charge in [0, 0.05) is 0 Å². The molecule has 0 amide bonds. The number of ether oxygens (including phenoxy) is 2. The molecule has 0 radical (unpaired) electrons. The molecule has 0 aromatic carbocycles. The molecule has 1 unspecified atom stereocenters. The van der Waals surface area contributed by atoms with Crippen LogP contribution in [0.25, 0.3) is 0 Å². The quantitative estimate of drug-likeness (QED) is 0.608. The molecule has 0 saturated carbocycles. The first-order valence-corrected chi connectivity index (χ1v) is 4.08. The fourth-order valence-corrected chi connectivity index (χ4v) is 1.17.